The van der Waals surface area contributed by atoms with Gasteiger partial charge in [-0.15, -0.1) is 0 Å². The Morgan fingerprint density at radius 1 is 1.14 bits per heavy atom. The third kappa shape index (κ3) is 2.42. The number of esters is 1. The van der Waals surface area contributed by atoms with Crippen LogP contribution in [0.15, 0.2) is 59.1 Å². The summed E-state index contributed by atoms with van der Waals surface area (Å²) < 4.78 is 6.00. The fourth-order valence-electron chi connectivity index (χ4n) is 4.45. The van der Waals surface area contributed by atoms with Crippen molar-refractivity contribution >= 4 is 33.7 Å². The maximum Gasteiger partial charge on any atom is 0.324 e. The number of benzene rings is 2. The van der Waals surface area contributed by atoms with E-state index in [1.807, 2.05) is 12.1 Å². The number of amides is 2. The second-order valence-corrected chi connectivity index (χ2v) is 8.03. The number of piperidine rings is 1. The lowest BCUT2D eigenvalue weighted by Gasteiger charge is -2.22. The third-order valence-corrected chi connectivity index (χ3v) is 6.26. The van der Waals surface area contributed by atoms with Crippen molar-refractivity contribution in [1.29, 1.82) is 5.26 Å². The molecule has 1 aliphatic heterocycles. The van der Waals surface area contributed by atoms with E-state index in [1.54, 1.807) is 55.5 Å². The molecule has 2 aliphatic rings. The average molecular weight is 453 g/mol. The van der Waals surface area contributed by atoms with Gasteiger partial charge in [0.2, 0.25) is 5.91 Å². The van der Waals surface area contributed by atoms with Crippen molar-refractivity contribution in [3.63, 3.8) is 0 Å². The topological polar surface area (TPSA) is 87.5 Å². The maximum atomic E-state index is 13.5. The molecule has 4 rings (SSSR count). The number of rotatable bonds is 5. The van der Waals surface area contributed by atoms with Gasteiger partial charge >= 0.3 is 5.97 Å². The van der Waals surface area contributed by atoms with Crippen LogP contribution in [0.1, 0.15) is 24.0 Å². The van der Waals surface area contributed by atoms with Gasteiger partial charge in [-0.3, -0.25) is 19.3 Å². The van der Waals surface area contributed by atoms with Crippen LogP contribution < -0.4 is 0 Å². The van der Waals surface area contributed by atoms with Gasteiger partial charge < -0.3 is 4.74 Å². The molecule has 146 valence electrons. The molecule has 1 saturated carbocycles. The van der Waals surface area contributed by atoms with E-state index in [2.05, 4.69) is 15.9 Å². The van der Waals surface area contributed by atoms with Crippen LogP contribution in [-0.2, 0) is 25.7 Å². The van der Waals surface area contributed by atoms with Crippen LogP contribution in [0, 0.1) is 22.2 Å². The highest BCUT2D eigenvalue weighted by molar-refractivity contribution is 9.10. The number of ether oxygens (including phenoxy) is 1. The van der Waals surface area contributed by atoms with E-state index >= 15 is 0 Å². The SMILES string of the molecule is CCOC(=O)C12C(=O)N(Cc3ccccc3)C(=O)C1(C#N)C2c1ccc(Br)cc1. The fraction of sp³-hybridized carbons (Fsp3) is 0.273. The second kappa shape index (κ2) is 6.82. The normalized spacial score (nSPS) is 27.3. The Kier molecular flexibility index (Phi) is 4.55. The number of imide groups is 1. The van der Waals surface area contributed by atoms with E-state index in [4.69, 9.17) is 4.74 Å². The van der Waals surface area contributed by atoms with Crippen LogP contribution in [0.25, 0.3) is 0 Å². The monoisotopic (exact) mass is 452 g/mol. The molecule has 1 aliphatic carbocycles. The molecule has 1 heterocycles. The number of carbonyl (C=O) groups is 3. The minimum Gasteiger partial charge on any atom is -0.465 e. The molecule has 2 aromatic carbocycles. The lowest BCUT2D eigenvalue weighted by molar-refractivity contribution is -0.156. The van der Waals surface area contributed by atoms with Crippen LogP contribution in [0.5, 0.6) is 0 Å². The summed E-state index contributed by atoms with van der Waals surface area (Å²) in [6.45, 7) is 1.69. The predicted octanol–water partition coefficient (Wildman–Crippen LogP) is 3.17. The molecule has 6 nitrogen and oxygen atoms in total. The first kappa shape index (κ1) is 19.3. The first-order chi connectivity index (χ1) is 13.9. The van der Waals surface area contributed by atoms with Gasteiger partial charge in [0.05, 0.1) is 19.2 Å². The highest BCUT2D eigenvalue weighted by atomic mass is 79.9. The number of carbonyl (C=O) groups excluding carboxylic acids is 3. The Balaban J connectivity index is 1.81. The van der Waals surface area contributed by atoms with E-state index in [0.717, 1.165) is 14.9 Å². The molecule has 3 atom stereocenters. The lowest BCUT2D eigenvalue weighted by Crippen LogP contribution is -2.39. The van der Waals surface area contributed by atoms with Crippen molar-refractivity contribution in [3.8, 4) is 6.07 Å². The van der Waals surface area contributed by atoms with E-state index in [0.29, 0.717) is 5.56 Å². The molecule has 7 heteroatoms. The van der Waals surface area contributed by atoms with Gasteiger partial charge in [0.15, 0.2) is 10.8 Å². The molecule has 0 spiro atoms. The van der Waals surface area contributed by atoms with Gasteiger partial charge in [0, 0.05) is 10.4 Å². The average Bonchev–Trinajstić information content (AvgIpc) is 3.32. The van der Waals surface area contributed by atoms with Crippen LogP contribution >= 0.6 is 15.9 Å². The van der Waals surface area contributed by atoms with Gasteiger partial charge in [-0.05, 0) is 30.2 Å². The van der Waals surface area contributed by atoms with Crippen molar-refractivity contribution in [2.45, 2.75) is 19.4 Å². The van der Waals surface area contributed by atoms with Gasteiger partial charge in [0.25, 0.3) is 5.91 Å². The van der Waals surface area contributed by atoms with Crippen molar-refractivity contribution in [1.82, 2.24) is 4.90 Å². The molecule has 29 heavy (non-hydrogen) atoms. The van der Waals surface area contributed by atoms with Crippen LogP contribution in [-0.4, -0.2) is 29.3 Å². The standard InChI is InChI=1S/C22H17BrN2O4/c1-2-29-20(28)22-17(15-8-10-16(23)11-9-15)21(22,13-24)18(26)25(19(22)27)12-14-6-4-3-5-7-14/h3-11,17H,2,12H2,1H3. The van der Waals surface area contributed by atoms with Crippen molar-refractivity contribution in [3.05, 3.63) is 70.2 Å². The largest absolute Gasteiger partial charge is 0.465 e. The molecule has 0 N–H and O–H groups in total. The van der Waals surface area contributed by atoms with Gasteiger partial charge in [-0.25, -0.2) is 0 Å². The van der Waals surface area contributed by atoms with Crippen LogP contribution in [0.4, 0.5) is 0 Å². The smallest absolute Gasteiger partial charge is 0.324 e. The van der Waals surface area contributed by atoms with Crippen molar-refractivity contribution in [2.24, 2.45) is 10.8 Å². The first-order valence-corrected chi connectivity index (χ1v) is 9.98. The second-order valence-electron chi connectivity index (χ2n) is 7.11. The third-order valence-electron chi connectivity index (χ3n) is 5.73. The first-order valence-electron chi connectivity index (χ1n) is 9.19. The minimum absolute atomic E-state index is 0.0101. The predicted molar refractivity (Wildman–Crippen MR) is 106 cm³/mol. The van der Waals surface area contributed by atoms with Gasteiger partial charge in [-0.2, -0.15) is 5.26 Å². The zero-order valence-electron chi connectivity index (χ0n) is 15.6. The molecular weight excluding hydrogens is 436 g/mol. The minimum atomic E-state index is -1.84. The number of nitriles is 1. The van der Waals surface area contributed by atoms with E-state index in [9.17, 15) is 19.6 Å². The fourth-order valence-corrected chi connectivity index (χ4v) is 4.72. The van der Waals surface area contributed by atoms with Gasteiger partial charge in [0.1, 0.15) is 0 Å². The quantitative estimate of drug-likeness (QED) is 0.394. The Morgan fingerprint density at radius 3 is 2.38 bits per heavy atom. The van der Waals surface area contributed by atoms with Crippen LogP contribution in [0.2, 0.25) is 0 Å². The molecule has 2 aromatic rings. The molecule has 2 amide bonds. The number of hydrogen-bond acceptors (Lipinski definition) is 5. The number of hydrogen-bond donors (Lipinski definition) is 0. The maximum absolute atomic E-state index is 13.5. The van der Waals surface area contributed by atoms with Crippen molar-refractivity contribution in [2.75, 3.05) is 6.61 Å². The zero-order chi connectivity index (χ0) is 20.8. The molecule has 2 fully saturated rings. The van der Waals surface area contributed by atoms with Crippen LogP contribution in [0.3, 0.4) is 0 Å². The molecular formula is C22H17BrN2O4. The summed E-state index contributed by atoms with van der Waals surface area (Å²) in [5, 5.41) is 10.0. The molecule has 0 radical (unpaired) electrons. The summed E-state index contributed by atoms with van der Waals surface area (Å²) >= 11 is 3.35. The summed E-state index contributed by atoms with van der Waals surface area (Å²) in [5.74, 6) is -2.99. The van der Waals surface area contributed by atoms with Gasteiger partial charge in [-0.1, -0.05) is 58.4 Å². The number of halogens is 1. The Bertz CT molecular complexity index is 1050. The van der Waals surface area contributed by atoms with Crippen molar-refractivity contribution < 1.29 is 19.1 Å². The number of likely N-dealkylation sites (tertiary alicyclic amines) is 1. The lowest BCUT2D eigenvalue weighted by atomic mass is 9.96. The summed E-state index contributed by atoms with van der Waals surface area (Å²) in [7, 11) is 0. The molecule has 0 aromatic heterocycles. The highest BCUT2D eigenvalue weighted by Crippen LogP contribution is 2.79. The molecule has 1 saturated heterocycles. The number of fused-ring (bicyclic) bond motifs is 1. The summed E-state index contributed by atoms with van der Waals surface area (Å²) in [6.07, 6.45) is 0. The molecule has 0 bridgehead atoms. The van der Waals surface area contributed by atoms with E-state index in [-0.39, 0.29) is 13.2 Å². The van der Waals surface area contributed by atoms with E-state index in [1.165, 1.54) is 0 Å². The summed E-state index contributed by atoms with van der Waals surface area (Å²) in [6, 6.07) is 18.0. The number of nitrogens with zero attached hydrogens (tertiary/aromatic N) is 2. The summed E-state index contributed by atoms with van der Waals surface area (Å²) in [5.41, 5.74) is -2.29. The molecule has 3 unspecified atom stereocenters. The Hall–Kier alpha value is -2.98. The highest BCUT2D eigenvalue weighted by Gasteiger charge is 2.95. The Labute approximate surface area is 176 Å². The zero-order valence-corrected chi connectivity index (χ0v) is 17.2. The summed E-state index contributed by atoms with van der Waals surface area (Å²) in [4.78, 5) is 40.8. The van der Waals surface area contributed by atoms with E-state index < -0.39 is 34.5 Å². The Morgan fingerprint density at radius 2 is 1.79 bits per heavy atom.